The summed E-state index contributed by atoms with van der Waals surface area (Å²) in [5.74, 6) is -1.55. The monoisotopic (exact) mass is 471 g/mol. The molecule has 11 heteroatoms. The second kappa shape index (κ2) is 7.20. The molecular formula is C15H13BrF3NO4S2. The van der Waals surface area contributed by atoms with Gasteiger partial charge in [0.1, 0.15) is 4.88 Å². The van der Waals surface area contributed by atoms with Gasteiger partial charge in [0.15, 0.2) is 4.21 Å². The van der Waals surface area contributed by atoms with Gasteiger partial charge in [0.2, 0.25) is 0 Å². The van der Waals surface area contributed by atoms with Crippen molar-refractivity contribution >= 4 is 48.9 Å². The Morgan fingerprint density at radius 3 is 2.35 bits per heavy atom. The molecule has 0 amide bonds. The number of alkyl halides is 3. The van der Waals surface area contributed by atoms with E-state index >= 15 is 0 Å². The number of hydrogen-bond acceptors (Lipinski definition) is 4. The maximum Gasteiger partial charge on any atom is 0.416 e. The van der Waals surface area contributed by atoms with Gasteiger partial charge in [0.05, 0.1) is 11.3 Å². The maximum absolute atomic E-state index is 13.0. The standard InChI is InChI=1S/C15H13BrF3NO4S2/c1-7(2)9-4-3-8(15(17,18)19)5-11(9)20-26(23,24)14-10(16)6-12(25-14)13(21)22/h3-7,20H,1-2H3,(H,21,22). The van der Waals surface area contributed by atoms with E-state index in [9.17, 15) is 26.4 Å². The Labute approximate surface area is 160 Å². The van der Waals surface area contributed by atoms with Crippen LogP contribution in [0.1, 0.15) is 40.6 Å². The third-order valence-electron chi connectivity index (χ3n) is 3.36. The van der Waals surface area contributed by atoms with Crippen molar-refractivity contribution in [2.45, 2.75) is 30.2 Å². The number of carboxylic acid groups (broad SMARTS) is 1. The zero-order chi connectivity index (χ0) is 19.9. The number of benzene rings is 1. The summed E-state index contributed by atoms with van der Waals surface area (Å²) < 4.78 is 65.9. The van der Waals surface area contributed by atoms with Crippen LogP contribution >= 0.6 is 27.3 Å². The Kier molecular flexibility index (Phi) is 5.74. The third-order valence-corrected chi connectivity index (χ3v) is 7.53. The van der Waals surface area contributed by atoms with E-state index in [-0.39, 0.29) is 25.2 Å². The average molecular weight is 472 g/mol. The molecule has 0 fully saturated rings. The highest BCUT2D eigenvalue weighted by atomic mass is 79.9. The van der Waals surface area contributed by atoms with Crippen LogP contribution in [0.5, 0.6) is 0 Å². The van der Waals surface area contributed by atoms with Crippen LogP contribution in [-0.4, -0.2) is 19.5 Å². The molecule has 0 bridgehead atoms. The van der Waals surface area contributed by atoms with E-state index in [4.69, 9.17) is 5.11 Å². The first-order valence-electron chi connectivity index (χ1n) is 7.09. The van der Waals surface area contributed by atoms with Crippen LogP contribution in [0.15, 0.2) is 32.9 Å². The predicted molar refractivity (Wildman–Crippen MR) is 95.3 cm³/mol. The Morgan fingerprint density at radius 2 is 1.88 bits per heavy atom. The molecule has 142 valence electrons. The van der Waals surface area contributed by atoms with Gasteiger partial charge in [-0.2, -0.15) is 13.2 Å². The molecule has 0 aliphatic carbocycles. The SMILES string of the molecule is CC(C)c1ccc(C(F)(F)F)cc1NS(=O)(=O)c1sc(C(=O)O)cc1Br. The van der Waals surface area contributed by atoms with Crippen molar-refractivity contribution in [1.29, 1.82) is 0 Å². The fraction of sp³-hybridized carbons (Fsp3) is 0.267. The highest BCUT2D eigenvalue weighted by molar-refractivity contribution is 9.10. The largest absolute Gasteiger partial charge is 0.477 e. The Morgan fingerprint density at radius 1 is 1.27 bits per heavy atom. The van der Waals surface area contributed by atoms with Crippen LogP contribution in [0, 0.1) is 0 Å². The Balaban J connectivity index is 2.53. The van der Waals surface area contributed by atoms with Crippen molar-refractivity contribution in [3.05, 3.63) is 44.7 Å². The summed E-state index contributed by atoms with van der Waals surface area (Å²) in [7, 11) is -4.28. The van der Waals surface area contributed by atoms with Crippen molar-refractivity contribution < 1.29 is 31.5 Å². The first kappa shape index (κ1) is 20.7. The lowest BCUT2D eigenvalue weighted by molar-refractivity contribution is -0.137. The minimum absolute atomic E-state index is 0.0190. The van der Waals surface area contributed by atoms with Crippen molar-refractivity contribution in [2.75, 3.05) is 4.72 Å². The summed E-state index contributed by atoms with van der Waals surface area (Å²) in [6.07, 6.45) is -4.63. The van der Waals surface area contributed by atoms with Gasteiger partial charge in [-0.1, -0.05) is 19.9 Å². The quantitative estimate of drug-likeness (QED) is 0.631. The smallest absolute Gasteiger partial charge is 0.416 e. The number of carbonyl (C=O) groups is 1. The number of sulfonamides is 1. The predicted octanol–water partition coefficient (Wildman–Crippen LogP) is 5.15. The van der Waals surface area contributed by atoms with Gasteiger partial charge in [-0.05, 0) is 45.6 Å². The molecule has 0 atom stereocenters. The molecule has 1 aromatic heterocycles. The molecular weight excluding hydrogens is 459 g/mol. The van der Waals surface area contributed by atoms with Crippen LogP contribution in [0.2, 0.25) is 0 Å². The second-order valence-corrected chi connectivity index (χ2v) is 9.40. The van der Waals surface area contributed by atoms with Crippen molar-refractivity contribution in [3.8, 4) is 0 Å². The number of carboxylic acids is 1. The number of hydrogen-bond donors (Lipinski definition) is 2. The van der Waals surface area contributed by atoms with Crippen LogP contribution in [0.4, 0.5) is 18.9 Å². The van der Waals surface area contributed by atoms with E-state index in [1.54, 1.807) is 13.8 Å². The van der Waals surface area contributed by atoms with E-state index in [1.807, 2.05) is 0 Å². The Hall–Kier alpha value is -1.59. The molecule has 0 saturated heterocycles. The van der Waals surface area contributed by atoms with Crippen molar-refractivity contribution in [2.24, 2.45) is 0 Å². The second-order valence-electron chi connectivity index (χ2n) is 5.61. The van der Waals surface area contributed by atoms with Gasteiger partial charge in [0, 0.05) is 4.47 Å². The summed E-state index contributed by atoms with van der Waals surface area (Å²) in [5, 5.41) is 8.97. The van der Waals surface area contributed by atoms with Gasteiger partial charge in [-0.15, -0.1) is 11.3 Å². The Bertz CT molecular complexity index is 952. The zero-order valence-electron chi connectivity index (χ0n) is 13.4. The van der Waals surface area contributed by atoms with E-state index in [2.05, 4.69) is 20.7 Å². The number of nitrogens with one attached hydrogen (secondary N) is 1. The summed E-state index contributed by atoms with van der Waals surface area (Å²) in [5.41, 5.74) is -0.809. The molecule has 0 unspecified atom stereocenters. The lowest BCUT2D eigenvalue weighted by Gasteiger charge is -2.17. The number of aromatic carboxylic acids is 1. The maximum atomic E-state index is 13.0. The third kappa shape index (κ3) is 4.38. The fourth-order valence-electron chi connectivity index (χ4n) is 2.16. The summed E-state index contributed by atoms with van der Waals surface area (Å²) >= 11 is 3.47. The molecule has 2 N–H and O–H groups in total. The molecule has 0 spiro atoms. The van der Waals surface area contributed by atoms with Gasteiger partial charge < -0.3 is 5.11 Å². The molecule has 26 heavy (non-hydrogen) atoms. The molecule has 0 aliphatic heterocycles. The van der Waals surface area contributed by atoms with Crippen molar-refractivity contribution in [3.63, 3.8) is 0 Å². The van der Waals surface area contributed by atoms with Gasteiger partial charge in [-0.25, -0.2) is 13.2 Å². The normalized spacial score (nSPS) is 12.4. The summed E-state index contributed by atoms with van der Waals surface area (Å²) in [4.78, 5) is 10.8. The lowest BCUT2D eigenvalue weighted by Crippen LogP contribution is -2.15. The first-order valence-corrected chi connectivity index (χ1v) is 10.2. The first-order chi connectivity index (χ1) is 11.8. The molecule has 1 heterocycles. The minimum Gasteiger partial charge on any atom is -0.477 e. The lowest BCUT2D eigenvalue weighted by atomic mass is 9.99. The minimum atomic E-state index is -4.63. The molecule has 0 aliphatic rings. The van der Waals surface area contributed by atoms with E-state index in [1.165, 1.54) is 6.07 Å². The molecule has 1 aromatic carbocycles. The highest BCUT2D eigenvalue weighted by Crippen LogP contribution is 2.37. The van der Waals surface area contributed by atoms with Crippen LogP contribution in [0.3, 0.4) is 0 Å². The molecule has 5 nitrogen and oxygen atoms in total. The van der Waals surface area contributed by atoms with Gasteiger partial charge >= 0.3 is 12.1 Å². The topological polar surface area (TPSA) is 83.5 Å². The molecule has 2 rings (SSSR count). The van der Waals surface area contributed by atoms with Crippen LogP contribution in [-0.2, 0) is 16.2 Å². The van der Waals surface area contributed by atoms with E-state index < -0.39 is 27.7 Å². The van der Waals surface area contributed by atoms with Crippen LogP contribution in [0.25, 0.3) is 0 Å². The summed E-state index contributed by atoms with van der Waals surface area (Å²) in [6, 6.07) is 3.96. The highest BCUT2D eigenvalue weighted by Gasteiger charge is 2.32. The van der Waals surface area contributed by atoms with Crippen molar-refractivity contribution in [1.82, 2.24) is 0 Å². The molecule has 0 radical (unpaired) electrons. The summed E-state index contributed by atoms with van der Waals surface area (Å²) in [6.45, 7) is 3.42. The fourth-order valence-corrected chi connectivity index (χ4v) is 5.75. The van der Waals surface area contributed by atoms with Gasteiger partial charge in [-0.3, -0.25) is 4.72 Å². The number of rotatable bonds is 5. The molecule has 0 saturated carbocycles. The van der Waals surface area contributed by atoms with E-state index in [0.717, 1.165) is 18.2 Å². The number of thiophene rings is 1. The van der Waals surface area contributed by atoms with Gasteiger partial charge in [0.25, 0.3) is 10.0 Å². The number of anilines is 1. The number of halogens is 4. The molecule has 2 aromatic rings. The van der Waals surface area contributed by atoms with E-state index in [0.29, 0.717) is 16.9 Å². The van der Waals surface area contributed by atoms with Crippen LogP contribution < -0.4 is 4.72 Å². The average Bonchev–Trinajstić information content (AvgIpc) is 2.88. The zero-order valence-corrected chi connectivity index (χ0v) is 16.6.